The van der Waals surface area contributed by atoms with Gasteiger partial charge in [-0.15, -0.1) is 0 Å². The first-order chi connectivity index (χ1) is 16.7. The highest BCUT2D eigenvalue weighted by molar-refractivity contribution is 6.07. The van der Waals surface area contributed by atoms with Gasteiger partial charge >= 0.3 is 6.18 Å². The molecule has 1 aromatic carbocycles. The van der Waals surface area contributed by atoms with Gasteiger partial charge in [0.25, 0.3) is 17.5 Å². The number of piperazine rings is 1. The molecule has 0 radical (unpaired) electrons. The van der Waals surface area contributed by atoms with Crippen LogP contribution in [0.1, 0.15) is 34.5 Å². The molecular formula is C24H23F3N4O4. The van der Waals surface area contributed by atoms with Gasteiger partial charge in [-0.2, -0.15) is 13.2 Å². The third-order valence-corrected chi connectivity index (χ3v) is 6.44. The molecule has 4 heterocycles. The summed E-state index contributed by atoms with van der Waals surface area (Å²) in [6, 6.07) is 6.42. The van der Waals surface area contributed by atoms with Crippen molar-refractivity contribution in [2.45, 2.75) is 32.0 Å². The second-order valence-electron chi connectivity index (χ2n) is 8.67. The Morgan fingerprint density at radius 1 is 1.09 bits per heavy atom. The molecule has 2 amide bonds. The van der Waals surface area contributed by atoms with Crippen molar-refractivity contribution in [1.82, 2.24) is 19.9 Å². The molecule has 1 unspecified atom stereocenters. The second kappa shape index (κ2) is 8.95. The molecule has 184 valence electrons. The number of hydrogen-bond donors (Lipinski definition) is 0. The molecule has 2 saturated heterocycles. The Bertz CT molecular complexity index is 1280. The van der Waals surface area contributed by atoms with E-state index in [0.29, 0.717) is 50.3 Å². The molecule has 11 heteroatoms. The first-order valence-corrected chi connectivity index (χ1v) is 11.4. The summed E-state index contributed by atoms with van der Waals surface area (Å²) < 4.78 is 51.6. The lowest BCUT2D eigenvalue weighted by Gasteiger charge is -2.35. The maximum Gasteiger partial charge on any atom is 0.417 e. The monoisotopic (exact) mass is 488 g/mol. The van der Waals surface area contributed by atoms with E-state index in [1.807, 2.05) is 0 Å². The van der Waals surface area contributed by atoms with E-state index in [9.17, 15) is 22.8 Å². The van der Waals surface area contributed by atoms with E-state index in [1.54, 1.807) is 16.7 Å². The number of aromatic nitrogens is 2. The van der Waals surface area contributed by atoms with E-state index in [0.717, 1.165) is 12.5 Å². The van der Waals surface area contributed by atoms with Crippen LogP contribution in [-0.4, -0.2) is 70.6 Å². The third-order valence-electron chi connectivity index (χ3n) is 6.44. The van der Waals surface area contributed by atoms with Crippen LogP contribution in [0, 0.1) is 6.92 Å². The zero-order valence-corrected chi connectivity index (χ0v) is 19.0. The van der Waals surface area contributed by atoms with E-state index >= 15 is 0 Å². The number of alkyl halides is 3. The zero-order chi connectivity index (χ0) is 24.7. The summed E-state index contributed by atoms with van der Waals surface area (Å²) in [5.74, 6) is -0.444. The number of rotatable bonds is 3. The summed E-state index contributed by atoms with van der Waals surface area (Å²) in [6.07, 6.45) is -3.47. The fourth-order valence-electron chi connectivity index (χ4n) is 4.63. The summed E-state index contributed by atoms with van der Waals surface area (Å²) in [4.78, 5) is 33.7. The number of nitrogens with zero attached hydrogens (tertiary/aromatic N) is 4. The predicted molar refractivity (Wildman–Crippen MR) is 118 cm³/mol. The molecule has 2 aromatic heterocycles. The summed E-state index contributed by atoms with van der Waals surface area (Å²) in [7, 11) is 0. The molecule has 3 aromatic rings. The van der Waals surface area contributed by atoms with E-state index in [-0.39, 0.29) is 34.3 Å². The summed E-state index contributed by atoms with van der Waals surface area (Å²) >= 11 is 0. The first kappa shape index (κ1) is 23.3. The number of halogens is 3. The van der Waals surface area contributed by atoms with Gasteiger partial charge in [0, 0.05) is 38.3 Å². The lowest BCUT2D eigenvalue weighted by molar-refractivity contribution is -0.142. The van der Waals surface area contributed by atoms with E-state index in [1.165, 1.54) is 24.3 Å². The molecule has 2 aliphatic heterocycles. The standard InChI is InChI=1S/C24H23F3N4O4/c1-14-20-16(22(32)30-8-10-31(11-9-30)23(33)19-7-4-12-34-19)13-18(28-21(20)35-29-14)15-5-2-3-6-17(15)24(25,26)27/h2-3,5-6,13,19H,4,7-12H2,1H3. The Hall–Kier alpha value is -3.47. The van der Waals surface area contributed by atoms with Crippen molar-refractivity contribution in [3.05, 3.63) is 47.2 Å². The van der Waals surface area contributed by atoms with Crippen LogP contribution in [0.5, 0.6) is 0 Å². The van der Waals surface area contributed by atoms with Gasteiger partial charge in [-0.25, -0.2) is 4.98 Å². The SMILES string of the molecule is Cc1noc2nc(-c3ccccc3C(F)(F)F)cc(C(=O)N3CCN(C(=O)C4CCCO4)CC3)c12. The molecular weight excluding hydrogens is 465 g/mol. The quantitative estimate of drug-likeness (QED) is 0.559. The molecule has 2 aliphatic rings. The lowest BCUT2D eigenvalue weighted by Crippen LogP contribution is -2.52. The maximum atomic E-state index is 13.6. The van der Waals surface area contributed by atoms with Crippen LogP contribution in [0.3, 0.4) is 0 Å². The average molecular weight is 488 g/mol. The van der Waals surface area contributed by atoms with Crippen molar-refractivity contribution < 1.29 is 32.0 Å². The topological polar surface area (TPSA) is 88.8 Å². The van der Waals surface area contributed by atoms with Crippen LogP contribution in [0.15, 0.2) is 34.9 Å². The zero-order valence-electron chi connectivity index (χ0n) is 19.0. The van der Waals surface area contributed by atoms with Crippen molar-refractivity contribution in [3.8, 4) is 11.3 Å². The highest BCUT2D eigenvalue weighted by atomic mass is 19.4. The number of benzene rings is 1. The number of carbonyl (C=O) groups excluding carboxylic acids is 2. The van der Waals surface area contributed by atoms with Gasteiger partial charge in [-0.1, -0.05) is 23.4 Å². The summed E-state index contributed by atoms with van der Waals surface area (Å²) in [5.41, 5.74) is -0.470. The second-order valence-corrected chi connectivity index (χ2v) is 8.67. The Balaban J connectivity index is 1.45. The van der Waals surface area contributed by atoms with Crippen LogP contribution in [0.25, 0.3) is 22.4 Å². The van der Waals surface area contributed by atoms with Gasteiger partial charge in [0.1, 0.15) is 6.10 Å². The Morgan fingerprint density at radius 3 is 2.49 bits per heavy atom. The van der Waals surface area contributed by atoms with Crippen LogP contribution in [-0.2, 0) is 15.7 Å². The van der Waals surface area contributed by atoms with Crippen LogP contribution >= 0.6 is 0 Å². The molecule has 0 aliphatic carbocycles. The molecule has 0 bridgehead atoms. The number of ether oxygens (including phenoxy) is 1. The molecule has 1 atom stereocenters. The Labute approximate surface area is 198 Å². The largest absolute Gasteiger partial charge is 0.417 e. The van der Waals surface area contributed by atoms with E-state index < -0.39 is 17.8 Å². The minimum absolute atomic E-state index is 0.00692. The molecule has 8 nitrogen and oxygen atoms in total. The highest BCUT2D eigenvalue weighted by Crippen LogP contribution is 2.38. The van der Waals surface area contributed by atoms with Crippen LogP contribution in [0.2, 0.25) is 0 Å². The highest BCUT2D eigenvalue weighted by Gasteiger charge is 2.35. The lowest BCUT2D eigenvalue weighted by atomic mass is 10.00. The number of aryl methyl sites for hydroxylation is 1. The number of hydrogen-bond acceptors (Lipinski definition) is 6. The predicted octanol–water partition coefficient (Wildman–Crippen LogP) is 3.68. The Morgan fingerprint density at radius 2 is 1.80 bits per heavy atom. The molecule has 5 rings (SSSR count). The smallest absolute Gasteiger partial charge is 0.368 e. The van der Waals surface area contributed by atoms with Gasteiger partial charge < -0.3 is 19.1 Å². The summed E-state index contributed by atoms with van der Waals surface area (Å²) in [6.45, 7) is 3.51. The van der Waals surface area contributed by atoms with Gasteiger partial charge in [-0.3, -0.25) is 9.59 Å². The Kier molecular flexibility index (Phi) is 5.96. The van der Waals surface area contributed by atoms with Crippen molar-refractivity contribution in [3.63, 3.8) is 0 Å². The first-order valence-electron chi connectivity index (χ1n) is 11.4. The molecule has 0 saturated carbocycles. The van der Waals surface area contributed by atoms with Crippen molar-refractivity contribution >= 4 is 22.9 Å². The van der Waals surface area contributed by atoms with Crippen molar-refractivity contribution in [1.29, 1.82) is 0 Å². The molecule has 2 fully saturated rings. The minimum Gasteiger partial charge on any atom is -0.368 e. The number of pyridine rings is 1. The fraction of sp³-hybridized carbons (Fsp3) is 0.417. The molecule has 0 N–H and O–H groups in total. The maximum absolute atomic E-state index is 13.6. The third kappa shape index (κ3) is 4.36. The van der Waals surface area contributed by atoms with Gasteiger partial charge in [-0.05, 0) is 31.9 Å². The molecule has 35 heavy (non-hydrogen) atoms. The fourth-order valence-corrected chi connectivity index (χ4v) is 4.63. The minimum atomic E-state index is -4.60. The number of amides is 2. The van der Waals surface area contributed by atoms with Crippen molar-refractivity contribution in [2.24, 2.45) is 0 Å². The average Bonchev–Trinajstić information content (AvgIpc) is 3.53. The van der Waals surface area contributed by atoms with E-state index in [2.05, 4.69) is 10.1 Å². The van der Waals surface area contributed by atoms with Gasteiger partial charge in [0.05, 0.1) is 27.9 Å². The van der Waals surface area contributed by atoms with E-state index in [4.69, 9.17) is 9.26 Å². The van der Waals surface area contributed by atoms with Crippen LogP contribution in [0.4, 0.5) is 13.2 Å². The molecule has 0 spiro atoms. The normalized spacial score (nSPS) is 18.9. The van der Waals surface area contributed by atoms with Crippen LogP contribution < -0.4 is 0 Å². The number of carbonyl (C=O) groups is 2. The summed E-state index contributed by atoms with van der Waals surface area (Å²) in [5, 5.41) is 4.23. The van der Waals surface area contributed by atoms with Gasteiger partial charge in [0.15, 0.2) is 0 Å². The van der Waals surface area contributed by atoms with Crippen molar-refractivity contribution in [2.75, 3.05) is 32.8 Å². The van der Waals surface area contributed by atoms with Gasteiger partial charge in [0.2, 0.25) is 0 Å². The number of fused-ring (bicyclic) bond motifs is 1.